The summed E-state index contributed by atoms with van der Waals surface area (Å²) in [7, 11) is 3.83. The number of nitrogens with zero attached hydrogens (tertiary/aromatic N) is 1. The van der Waals surface area contributed by atoms with E-state index in [0.717, 1.165) is 38.8 Å². The van der Waals surface area contributed by atoms with Gasteiger partial charge in [0.1, 0.15) is 0 Å². The fourth-order valence-electron chi connectivity index (χ4n) is 4.94. The van der Waals surface area contributed by atoms with Crippen molar-refractivity contribution in [3.05, 3.63) is 94.9 Å². The number of allylic oxidation sites excluding steroid dienone is 5. The van der Waals surface area contributed by atoms with Gasteiger partial charge in [0.25, 0.3) is 0 Å². The van der Waals surface area contributed by atoms with Gasteiger partial charge in [-0.1, -0.05) is 61.1 Å². The summed E-state index contributed by atoms with van der Waals surface area (Å²) in [5, 5.41) is 3.44. The molecule has 0 fully saturated rings. The van der Waals surface area contributed by atoms with Crippen molar-refractivity contribution in [3.8, 4) is 0 Å². The molecule has 0 saturated heterocycles. The SMILES string of the molecule is CC[C@H](c1cccnc1)[C@H](CNC)C1=CC=C(c2c(C)cccc2CCCOC)C=CC1.[HH]. The first kappa shape index (κ1) is 24.2. The fourth-order valence-corrected chi connectivity index (χ4v) is 4.94. The zero-order valence-electron chi connectivity index (χ0n) is 20.1. The fraction of sp³-hybridized carbons (Fsp3) is 0.414. The zero-order chi connectivity index (χ0) is 22.8. The zero-order valence-corrected chi connectivity index (χ0v) is 20.1. The molecule has 0 radical (unpaired) electrons. The minimum atomic E-state index is 0. The van der Waals surface area contributed by atoms with Crippen LogP contribution in [0.3, 0.4) is 0 Å². The van der Waals surface area contributed by atoms with Crippen LogP contribution in [0.15, 0.2) is 72.6 Å². The first-order chi connectivity index (χ1) is 15.7. The Balaban J connectivity index is 0.00000385. The van der Waals surface area contributed by atoms with Crippen LogP contribution < -0.4 is 5.32 Å². The van der Waals surface area contributed by atoms with Gasteiger partial charge < -0.3 is 10.1 Å². The molecule has 0 saturated carbocycles. The predicted molar refractivity (Wildman–Crippen MR) is 138 cm³/mol. The Kier molecular flexibility index (Phi) is 9.45. The second kappa shape index (κ2) is 12.5. The molecule has 0 aliphatic heterocycles. The molecule has 1 aromatic heterocycles. The highest BCUT2D eigenvalue weighted by atomic mass is 16.5. The quantitative estimate of drug-likeness (QED) is 0.411. The highest BCUT2D eigenvalue weighted by molar-refractivity contribution is 5.79. The van der Waals surface area contributed by atoms with Crippen molar-refractivity contribution >= 4 is 5.57 Å². The van der Waals surface area contributed by atoms with Crippen LogP contribution in [-0.4, -0.2) is 32.3 Å². The summed E-state index contributed by atoms with van der Waals surface area (Å²) in [4.78, 5) is 4.39. The first-order valence-electron chi connectivity index (χ1n) is 11.9. The number of hydrogen-bond acceptors (Lipinski definition) is 3. The Morgan fingerprint density at radius 1 is 1.16 bits per heavy atom. The summed E-state index contributed by atoms with van der Waals surface area (Å²) < 4.78 is 5.28. The lowest BCUT2D eigenvalue weighted by atomic mass is 9.79. The van der Waals surface area contributed by atoms with E-state index in [0.29, 0.717) is 11.8 Å². The third-order valence-electron chi connectivity index (χ3n) is 6.51. The molecule has 172 valence electrons. The summed E-state index contributed by atoms with van der Waals surface area (Å²) in [5.74, 6) is 0.890. The van der Waals surface area contributed by atoms with E-state index in [1.54, 1.807) is 7.11 Å². The van der Waals surface area contributed by atoms with E-state index >= 15 is 0 Å². The van der Waals surface area contributed by atoms with E-state index in [2.05, 4.69) is 85.8 Å². The van der Waals surface area contributed by atoms with Crippen molar-refractivity contribution in [3.63, 3.8) is 0 Å². The molecule has 1 heterocycles. The molecule has 0 amide bonds. The molecule has 1 N–H and O–H groups in total. The molecule has 2 aromatic rings. The van der Waals surface area contributed by atoms with Crippen molar-refractivity contribution in [2.24, 2.45) is 5.92 Å². The van der Waals surface area contributed by atoms with E-state index in [4.69, 9.17) is 4.74 Å². The van der Waals surface area contributed by atoms with Crippen molar-refractivity contribution < 1.29 is 6.16 Å². The maximum Gasteiger partial charge on any atom is 0.0465 e. The van der Waals surface area contributed by atoms with Gasteiger partial charge in [-0.15, -0.1) is 0 Å². The smallest absolute Gasteiger partial charge is 0.0465 e. The molecule has 0 bridgehead atoms. The normalized spacial score (nSPS) is 15.6. The molecule has 0 spiro atoms. The number of benzene rings is 1. The minimum absolute atomic E-state index is 0. The van der Waals surface area contributed by atoms with Gasteiger partial charge in [0, 0.05) is 34.1 Å². The molecule has 3 heteroatoms. The average Bonchev–Trinajstić information content (AvgIpc) is 3.06. The van der Waals surface area contributed by atoms with Crippen LogP contribution >= 0.6 is 0 Å². The minimum Gasteiger partial charge on any atom is -0.385 e. The van der Waals surface area contributed by atoms with Crippen molar-refractivity contribution in [1.29, 1.82) is 0 Å². The largest absolute Gasteiger partial charge is 0.385 e. The van der Waals surface area contributed by atoms with Crippen LogP contribution in [0, 0.1) is 12.8 Å². The summed E-state index contributed by atoms with van der Waals surface area (Å²) >= 11 is 0. The molecule has 3 nitrogen and oxygen atoms in total. The van der Waals surface area contributed by atoms with Gasteiger partial charge >= 0.3 is 0 Å². The van der Waals surface area contributed by atoms with Crippen LogP contribution in [0.2, 0.25) is 0 Å². The lowest BCUT2D eigenvalue weighted by molar-refractivity contribution is 0.195. The average molecular weight is 433 g/mol. The Morgan fingerprint density at radius 3 is 2.75 bits per heavy atom. The Morgan fingerprint density at radius 2 is 2.03 bits per heavy atom. The number of hydrogen-bond donors (Lipinski definition) is 1. The molecule has 1 aliphatic rings. The highest BCUT2D eigenvalue weighted by Crippen LogP contribution is 2.36. The number of ether oxygens (including phenoxy) is 1. The summed E-state index contributed by atoms with van der Waals surface area (Å²) in [6, 6.07) is 10.9. The van der Waals surface area contributed by atoms with Crippen LogP contribution in [-0.2, 0) is 11.2 Å². The maximum atomic E-state index is 5.28. The Bertz CT molecular complexity index is 949. The predicted octanol–water partition coefficient (Wildman–Crippen LogP) is 6.51. The number of aromatic nitrogens is 1. The van der Waals surface area contributed by atoms with Crippen LogP contribution in [0.25, 0.3) is 5.57 Å². The van der Waals surface area contributed by atoms with Crippen LogP contribution in [0.5, 0.6) is 0 Å². The van der Waals surface area contributed by atoms with Gasteiger partial charge in [-0.05, 0) is 85.4 Å². The van der Waals surface area contributed by atoms with Gasteiger partial charge in [-0.3, -0.25) is 4.98 Å². The molecular formula is C29H40N2O. The first-order valence-corrected chi connectivity index (χ1v) is 11.9. The summed E-state index contributed by atoms with van der Waals surface area (Å²) in [6.45, 7) is 6.26. The van der Waals surface area contributed by atoms with Gasteiger partial charge in [-0.2, -0.15) is 0 Å². The van der Waals surface area contributed by atoms with Crippen molar-refractivity contribution in [1.82, 2.24) is 10.3 Å². The van der Waals surface area contributed by atoms with Crippen LogP contribution in [0.4, 0.5) is 0 Å². The molecule has 0 unspecified atom stereocenters. The van der Waals surface area contributed by atoms with Gasteiger partial charge in [0.15, 0.2) is 0 Å². The molecule has 1 aromatic carbocycles. The number of aryl methyl sites for hydroxylation is 2. The van der Waals surface area contributed by atoms with Gasteiger partial charge in [0.05, 0.1) is 0 Å². The number of rotatable bonds is 11. The third kappa shape index (κ3) is 6.05. The Hall–Kier alpha value is -2.49. The van der Waals surface area contributed by atoms with Crippen molar-refractivity contribution in [2.45, 2.75) is 45.4 Å². The lowest BCUT2D eigenvalue weighted by Crippen LogP contribution is -2.26. The molecule has 32 heavy (non-hydrogen) atoms. The van der Waals surface area contributed by atoms with E-state index in [1.165, 1.54) is 33.4 Å². The van der Waals surface area contributed by atoms with Gasteiger partial charge in [-0.25, -0.2) is 0 Å². The number of methoxy groups -OCH3 is 1. The molecule has 1 aliphatic carbocycles. The topological polar surface area (TPSA) is 34.2 Å². The monoisotopic (exact) mass is 432 g/mol. The van der Waals surface area contributed by atoms with Crippen LogP contribution in [0.1, 0.15) is 55.8 Å². The van der Waals surface area contributed by atoms with E-state index in [1.807, 2.05) is 12.4 Å². The second-order valence-electron chi connectivity index (χ2n) is 8.64. The lowest BCUT2D eigenvalue weighted by Gasteiger charge is -2.28. The molecular weight excluding hydrogens is 392 g/mol. The molecule has 3 rings (SSSR count). The number of nitrogens with one attached hydrogen (secondary N) is 1. The highest BCUT2D eigenvalue weighted by Gasteiger charge is 2.25. The van der Waals surface area contributed by atoms with Crippen molar-refractivity contribution in [2.75, 3.05) is 27.3 Å². The van der Waals surface area contributed by atoms with E-state index in [9.17, 15) is 0 Å². The second-order valence-corrected chi connectivity index (χ2v) is 8.64. The summed E-state index contributed by atoms with van der Waals surface area (Å²) in [6.07, 6.45) is 17.4. The Labute approximate surface area is 195 Å². The van der Waals surface area contributed by atoms with E-state index in [-0.39, 0.29) is 1.43 Å². The summed E-state index contributed by atoms with van der Waals surface area (Å²) in [5.41, 5.74) is 8.23. The van der Waals surface area contributed by atoms with E-state index < -0.39 is 0 Å². The van der Waals surface area contributed by atoms with Gasteiger partial charge in [0.2, 0.25) is 0 Å². The molecule has 2 atom stereocenters. The third-order valence-corrected chi connectivity index (χ3v) is 6.51. The maximum absolute atomic E-state index is 5.28. The number of pyridine rings is 1. The standard InChI is InChI=1S/C29H38N2O.H2/c1-5-27(26-14-8-18-31-20-26)28(21-30-3)23-11-7-13-25(17-16-23)29-22(2)10-6-12-24(29)15-9-19-32-4;/h6-8,10,12-14,16-18,20,27-28,30H,5,9,11,15,19,21H2,1-4H3;1H/t27-,28-;/m1./s1.